The van der Waals surface area contributed by atoms with E-state index in [4.69, 9.17) is 0 Å². The van der Waals surface area contributed by atoms with E-state index in [1.54, 1.807) is 6.92 Å². The van der Waals surface area contributed by atoms with Crippen LogP contribution >= 0.6 is 0 Å². The molecular formula is C19H28N6O2. The Morgan fingerprint density at radius 1 is 1.19 bits per heavy atom. The van der Waals surface area contributed by atoms with Crippen molar-refractivity contribution in [3.8, 4) is 0 Å². The van der Waals surface area contributed by atoms with Crippen molar-refractivity contribution >= 4 is 11.8 Å². The van der Waals surface area contributed by atoms with Gasteiger partial charge in [-0.25, -0.2) is 0 Å². The van der Waals surface area contributed by atoms with E-state index in [9.17, 15) is 9.59 Å². The lowest BCUT2D eigenvalue weighted by Crippen LogP contribution is -2.28. The zero-order valence-corrected chi connectivity index (χ0v) is 16.4. The molecule has 0 saturated carbocycles. The van der Waals surface area contributed by atoms with Crippen LogP contribution < -0.4 is 5.32 Å². The van der Waals surface area contributed by atoms with Crippen LogP contribution in [0.1, 0.15) is 49.0 Å². The Hall–Kier alpha value is -2.64. The van der Waals surface area contributed by atoms with Gasteiger partial charge < -0.3 is 10.2 Å². The number of hydrogen-bond donors (Lipinski definition) is 1. The third-order valence-corrected chi connectivity index (χ3v) is 4.85. The van der Waals surface area contributed by atoms with Gasteiger partial charge in [-0.15, -0.1) is 0 Å². The van der Waals surface area contributed by atoms with Gasteiger partial charge in [0.25, 0.3) is 0 Å². The van der Waals surface area contributed by atoms with E-state index in [1.807, 2.05) is 40.2 Å². The Bertz CT molecular complexity index is 822. The molecule has 1 aliphatic heterocycles. The summed E-state index contributed by atoms with van der Waals surface area (Å²) < 4.78 is 3.89. The van der Waals surface area contributed by atoms with Crippen LogP contribution in [0, 0.1) is 13.8 Å². The molecule has 1 aliphatic rings. The highest BCUT2D eigenvalue weighted by atomic mass is 16.2. The number of aromatic nitrogens is 4. The van der Waals surface area contributed by atoms with Gasteiger partial charge >= 0.3 is 0 Å². The van der Waals surface area contributed by atoms with E-state index in [0.717, 1.165) is 55.3 Å². The van der Waals surface area contributed by atoms with Crippen molar-refractivity contribution in [1.82, 2.24) is 29.8 Å². The van der Waals surface area contributed by atoms with Gasteiger partial charge in [0.1, 0.15) is 0 Å². The molecule has 8 nitrogen and oxygen atoms in total. The number of carbonyl (C=O) groups excluding carboxylic acids is 2. The Kier molecular flexibility index (Phi) is 5.93. The highest BCUT2D eigenvalue weighted by Crippen LogP contribution is 2.14. The molecule has 1 N–H and O–H groups in total. The summed E-state index contributed by atoms with van der Waals surface area (Å²) in [7, 11) is 0. The van der Waals surface area contributed by atoms with E-state index < -0.39 is 0 Å². The van der Waals surface area contributed by atoms with Crippen LogP contribution in [-0.2, 0) is 35.8 Å². The van der Waals surface area contributed by atoms with Gasteiger partial charge in [-0.3, -0.25) is 19.0 Å². The lowest BCUT2D eigenvalue weighted by Gasteiger charge is -2.17. The smallest absolute Gasteiger partial charge is 0.220 e. The molecule has 0 unspecified atom stereocenters. The standard InChI is InChI=1S/C19H28N6O2/c1-14-10-15(2)24(21-14)8-4-6-19(27)20-12-17-11-18-13-23(16(3)26)7-5-9-25(18)22-17/h10-11H,4-9,12-13H2,1-3H3,(H,20,27). The van der Waals surface area contributed by atoms with Crippen LogP contribution in [0.4, 0.5) is 0 Å². The molecule has 0 aliphatic carbocycles. The van der Waals surface area contributed by atoms with Crippen molar-refractivity contribution in [2.45, 2.75) is 66.2 Å². The molecule has 2 aromatic heterocycles. The van der Waals surface area contributed by atoms with Crippen LogP contribution in [0.15, 0.2) is 12.1 Å². The maximum absolute atomic E-state index is 12.1. The fourth-order valence-electron chi connectivity index (χ4n) is 3.45. The van der Waals surface area contributed by atoms with Crippen LogP contribution in [-0.4, -0.2) is 42.8 Å². The molecule has 2 amide bonds. The Labute approximate surface area is 159 Å². The van der Waals surface area contributed by atoms with Gasteiger partial charge in [0, 0.05) is 38.7 Å². The molecule has 8 heteroatoms. The number of amides is 2. The maximum Gasteiger partial charge on any atom is 0.220 e. The molecule has 0 saturated heterocycles. The first-order valence-corrected chi connectivity index (χ1v) is 9.51. The van der Waals surface area contributed by atoms with Gasteiger partial charge in [-0.05, 0) is 38.8 Å². The second kappa shape index (κ2) is 8.37. The minimum atomic E-state index is 0.0186. The quantitative estimate of drug-likeness (QED) is 0.834. The number of fused-ring (bicyclic) bond motifs is 1. The summed E-state index contributed by atoms with van der Waals surface area (Å²) in [5.74, 6) is 0.104. The predicted molar refractivity (Wildman–Crippen MR) is 101 cm³/mol. The van der Waals surface area contributed by atoms with Crippen molar-refractivity contribution in [2.75, 3.05) is 6.54 Å². The number of hydrogen-bond acceptors (Lipinski definition) is 4. The fourth-order valence-corrected chi connectivity index (χ4v) is 3.45. The van der Waals surface area contributed by atoms with E-state index in [1.165, 1.54) is 0 Å². The zero-order valence-electron chi connectivity index (χ0n) is 16.4. The number of nitrogens with zero attached hydrogens (tertiary/aromatic N) is 5. The molecule has 27 heavy (non-hydrogen) atoms. The van der Waals surface area contributed by atoms with Crippen LogP contribution in [0.3, 0.4) is 0 Å². The summed E-state index contributed by atoms with van der Waals surface area (Å²) in [6.07, 6.45) is 2.11. The third-order valence-electron chi connectivity index (χ3n) is 4.85. The first-order valence-electron chi connectivity index (χ1n) is 9.51. The van der Waals surface area contributed by atoms with Crippen molar-refractivity contribution < 1.29 is 9.59 Å². The van der Waals surface area contributed by atoms with Crippen LogP contribution in [0.25, 0.3) is 0 Å². The maximum atomic E-state index is 12.1. The summed E-state index contributed by atoms with van der Waals surface area (Å²) in [6, 6.07) is 4.02. The van der Waals surface area contributed by atoms with Gasteiger partial charge in [-0.1, -0.05) is 0 Å². The van der Waals surface area contributed by atoms with E-state index >= 15 is 0 Å². The number of rotatable bonds is 6. The molecular weight excluding hydrogens is 344 g/mol. The largest absolute Gasteiger partial charge is 0.350 e. The predicted octanol–water partition coefficient (Wildman–Crippen LogP) is 1.55. The SMILES string of the molecule is CC(=O)N1CCCn2nc(CNC(=O)CCCn3nc(C)cc3C)cc2C1. The Morgan fingerprint density at radius 3 is 2.70 bits per heavy atom. The summed E-state index contributed by atoms with van der Waals surface area (Å²) in [6.45, 7) is 8.90. The van der Waals surface area contributed by atoms with Gasteiger partial charge in [-0.2, -0.15) is 10.2 Å². The van der Waals surface area contributed by atoms with E-state index in [-0.39, 0.29) is 11.8 Å². The lowest BCUT2D eigenvalue weighted by atomic mass is 10.2. The normalized spacial score (nSPS) is 14.0. The molecule has 0 bridgehead atoms. The molecule has 0 radical (unpaired) electrons. The van der Waals surface area contributed by atoms with Gasteiger partial charge in [0.2, 0.25) is 11.8 Å². The summed E-state index contributed by atoms with van der Waals surface area (Å²) in [4.78, 5) is 25.6. The van der Waals surface area contributed by atoms with Gasteiger partial charge in [0.15, 0.2) is 0 Å². The summed E-state index contributed by atoms with van der Waals surface area (Å²) in [5.41, 5.74) is 3.98. The molecule has 0 atom stereocenters. The minimum Gasteiger partial charge on any atom is -0.350 e. The third kappa shape index (κ3) is 4.96. The van der Waals surface area contributed by atoms with Crippen LogP contribution in [0.5, 0.6) is 0 Å². The number of aryl methyl sites for hydroxylation is 4. The first kappa shape index (κ1) is 19.1. The Morgan fingerprint density at radius 2 is 2.00 bits per heavy atom. The van der Waals surface area contributed by atoms with Crippen molar-refractivity contribution in [3.63, 3.8) is 0 Å². The van der Waals surface area contributed by atoms with E-state index in [0.29, 0.717) is 19.5 Å². The molecule has 0 spiro atoms. The van der Waals surface area contributed by atoms with E-state index in [2.05, 4.69) is 15.5 Å². The first-order chi connectivity index (χ1) is 12.9. The summed E-state index contributed by atoms with van der Waals surface area (Å²) in [5, 5.41) is 11.9. The second-order valence-electron chi connectivity index (χ2n) is 7.17. The molecule has 0 fully saturated rings. The molecule has 2 aromatic rings. The fraction of sp³-hybridized carbons (Fsp3) is 0.579. The van der Waals surface area contributed by atoms with Gasteiger partial charge in [0.05, 0.1) is 30.2 Å². The molecule has 0 aromatic carbocycles. The Balaban J connectivity index is 1.46. The zero-order chi connectivity index (χ0) is 19.4. The average Bonchev–Trinajstić information content (AvgIpc) is 3.07. The minimum absolute atomic E-state index is 0.0186. The number of nitrogens with one attached hydrogen (secondary N) is 1. The van der Waals surface area contributed by atoms with Crippen molar-refractivity contribution in [1.29, 1.82) is 0 Å². The summed E-state index contributed by atoms with van der Waals surface area (Å²) >= 11 is 0. The highest BCUT2D eigenvalue weighted by molar-refractivity contribution is 5.75. The highest BCUT2D eigenvalue weighted by Gasteiger charge is 2.18. The molecule has 3 heterocycles. The second-order valence-corrected chi connectivity index (χ2v) is 7.17. The molecule has 3 rings (SSSR count). The topological polar surface area (TPSA) is 85.0 Å². The van der Waals surface area contributed by atoms with Crippen LogP contribution in [0.2, 0.25) is 0 Å². The van der Waals surface area contributed by atoms with Crippen molar-refractivity contribution in [3.05, 3.63) is 34.9 Å². The molecule has 146 valence electrons. The lowest BCUT2D eigenvalue weighted by molar-refractivity contribution is -0.129. The van der Waals surface area contributed by atoms with Crippen molar-refractivity contribution in [2.24, 2.45) is 0 Å². The number of carbonyl (C=O) groups is 2. The monoisotopic (exact) mass is 372 g/mol. The average molecular weight is 372 g/mol.